The maximum absolute atomic E-state index is 12.0. The lowest BCUT2D eigenvalue weighted by atomic mass is 10.1. The van der Waals surface area contributed by atoms with Crippen molar-refractivity contribution in [2.45, 2.75) is 50.5 Å². The highest BCUT2D eigenvalue weighted by atomic mass is 35.5. The van der Waals surface area contributed by atoms with Crippen LogP contribution >= 0.6 is 11.6 Å². The van der Waals surface area contributed by atoms with E-state index in [1.807, 2.05) is 6.92 Å². The Morgan fingerprint density at radius 1 is 1.39 bits per heavy atom. The molecule has 6 heteroatoms. The van der Waals surface area contributed by atoms with E-state index in [2.05, 4.69) is 16.6 Å². The third-order valence-electron chi connectivity index (χ3n) is 2.61. The van der Waals surface area contributed by atoms with Gasteiger partial charge in [0, 0.05) is 12.2 Å². The molecule has 0 radical (unpaired) electrons. The van der Waals surface area contributed by atoms with E-state index < -0.39 is 10.0 Å². The van der Waals surface area contributed by atoms with Crippen LogP contribution in [0, 0.1) is 0 Å². The molecule has 1 unspecified atom stereocenters. The zero-order valence-corrected chi connectivity index (χ0v) is 12.3. The monoisotopic (exact) mass is 290 g/mol. The molecule has 0 aliphatic carbocycles. The van der Waals surface area contributed by atoms with Gasteiger partial charge < -0.3 is 0 Å². The van der Waals surface area contributed by atoms with Gasteiger partial charge in [0.1, 0.15) is 10.0 Å². The first-order valence-corrected chi connectivity index (χ1v) is 7.95. The predicted molar refractivity (Wildman–Crippen MR) is 73.2 cm³/mol. The number of rotatable bonds is 7. The fraction of sp³-hybridized carbons (Fsp3) is 0.583. The van der Waals surface area contributed by atoms with E-state index in [1.165, 1.54) is 18.3 Å². The van der Waals surface area contributed by atoms with Crippen LogP contribution in [0.2, 0.25) is 5.15 Å². The first kappa shape index (κ1) is 15.4. The van der Waals surface area contributed by atoms with Crippen molar-refractivity contribution in [3.05, 3.63) is 23.5 Å². The van der Waals surface area contributed by atoms with Crippen LogP contribution in [0.15, 0.2) is 23.2 Å². The van der Waals surface area contributed by atoms with E-state index in [0.29, 0.717) is 0 Å². The van der Waals surface area contributed by atoms with Gasteiger partial charge in [0.2, 0.25) is 10.0 Å². The average Bonchev–Trinajstić information content (AvgIpc) is 2.29. The van der Waals surface area contributed by atoms with Gasteiger partial charge in [-0.15, -0.1) is 0 Å². The summed E-state index contributed by atoms with van der Waals surface area (Å²) in [5, 5.41) is 0.282. The molecule has 0 spiro atoms. The molecule has 1 rings (SSSR count). The molecule has 18 heavy (non-hydrogen) atoms. The van der Waals surface area contributed by atoms with Crippen LogP contribution in [0.3, 0.4) is 0 Å². The zero-order chi connectivity index (χ0) is 13.6. The average molecular weight is 291 g/mol. The molecule has 1 N–H and O–H groups in total. The smallest absolute Gasteiger partial charge is 0.242 e. The summed E-state index contributed by atoms with van der Waals surface area (Å²) in [6.07, 6.45) is 5.38. The number of hydrogen-bond donors (Lipinski definition) is 1. The lowest BCUT2D eigenvalue weighted by Gasteiger charge is -2.13. The van der Waals surface area contributed by atoms with Crippen LogP contribution in [-0.2, 0) is 10.0 Å². The molecule has 1 aromatic heterocycles. The number of halogens is 1. The summed E-state index contributed by atoms with van der Waals surface area (Å²) in [5.41, 5.74) is 0. The van der Waals surface area contributed by atoms with Gasteiger partial charge in [0.25, 0.3) is 0 Å². The second-order valence-corrected chi connectivity index (χ2v) is 6.44. The summed E-state index contributed by atoms with van der Waals surface area (Å²) in [7, 11) is -3.48. The topological polar surface area (TPSA) is 59.1 Å². The molecule has 1 atom stereocenters. The van der Waals surface area contributed by atoms with Crippen molar-refractivity contribution < 1.29 is 8.42 Å². The van der Waals surface area contributed by atoms with Crippen molar-refractivity contribution >= 4 is 21.6 Å². The summed E-state index contributed by atoms with van der Waals surface area (Å²) < 4.78 is 26.6. The molecule has 0 amide bonds. The van der Waals surface area contributed by atoms with Crippen LogP contribution in [0.4, 0.5) is 0 Å². The highest BCUT2D eigenvalue weighted by Crippen LogP contribution is 2.12. The number of sulfonamides is 1. The van der Waals surface area contributed by atoms with Gasteiger partial charge in [-0.25, -0.2) is 18.1 Å². The molecule has 4 nitrogen and oxygen atoms in total. The van der Waals surface area contributed by atoms with E-state index in [-0.39, 0.29) is 16.1 Å². The van der Waals surface area contributed by atoms with E-state index >= 15 is 0 Å². The van der Waals surface area contributed by atoms with E-state index in [1.54, 1.807) is 0 Å². The number of unbranched alkanes of at least 4 members (excludes halogenated alkanes) is 2. The Bertz CT molecular complexity index is 459. The normalized spacial score (nSPS) is 13.5. The Labute approximate surface area is 114 Å². The fourth-order valence-electron chi connectivity index (χ4n) is 1.61. The first-order chi connectivity index (χ1) is 8.45. The highest BCUT2D eigenvalue weighted by Gasteiger charge is 2.17. The number of hydrogen-bond acceptors (Lipinski definition) is 3. The van der Waals surface area contributed by atoms with Gasteiger partial charge >= 0.3 is 0 Å². The quantitative estimate of drug-likeness (QED) is 0.620. The minimum absolute atomic E-state index is 0.0720. The third-order valence-corrected chi connectivity index (χ3v) is 4.41. The second-order valence-electron chi connectivity index (χ2n) is 4.33. The summed E-state index contributed by atoms with van der Waals surface area (Å²) >= 11 is 5.63. The molecule has 0 saturated heterocycles. The molecule has 0 aromatic carbocycles. The molecule has 102 valence electrons. The molecule has 0 saturated carbocycles. The van der Waals surface area contributed by atoms with Crippen LogP contribution in [0.1, 0.15) is 39.5 Å². The van der Waals surface area contributed by atoms with Crippen LogP contribution in [0.25, 0.3) is 0 Å². The lowest BCUT2D eigenvalue weighted by Crippen LogP contribution is -2.32. The van der Waals surface area contributed by atoms with Crippen molar-refractivity contribution in [1.82, 2.24) is 9.71 Å². The zero-order valence-electron chi connectivity index (χ0n) is 10.7. The van der Waals surface area contributed by atoms with Crippen molar-refractivity contribution in [3.8, 4) is 0 Å². The van der Waals surface area contributed by atoms with Crippen LogP contribution in [-0.4, -0.2) is 19.4 Å². The molecule has 0 fully saturated rings. The molecule has 0 aliphatic rings. The Morgan fingerprint density at radius 3 is 2.67 bits per heavy atom. The largest absolute Gasteiger partial charge is 0.243 e. The Hall–Kier alpha value is -0.650. The first-order valence-electron chi connectivity index (χ1n) is 6.09. The molecule has 0 aliphatic heterocycles. The highest BCUT2D eigenvalue weighted by molar-refractivity contribution is 7.89. The van der Waals surface area contributed by atoms with Crippen LogP contribution < -0.4 is 4.72 Å². The Balaban J connectivity index is 2.61. The van der Waals surface area contributed by atoms with Gasteiger partial charge in [0.15, 0.2) is 0 Å². The maximum atomic E-state index is 12.0. The van der Waals surface area contributed by atoms with E-state index in [4.69, 9.17) is 11.6 Å². The maximum Gasteiger partial charge on any atom is 0.242 e. The predicted octanol–water partition coefficient (Wildman–Crippen LogP) is 2.98. The van der Waals surface area contributed by atoms with Gasteiger partial charge in [0.05, 0.1) is 0 Å². The lowest BCUT2D eigenvalue weighted by molar-refractivity contribution is 0.527. The number of pyridine rings is 1. The minimum atomic E-state index is -3.48. The third kappa shape index (κ3) is 4.92. The van der Waals surface area contributed by atoms with Gasteiger partial charge in [-0.05, 0) is 25.5 Å². The van der Waals surface area contributed by atoms with Gasteiger partial charge in [-0.2, -0.15) is 0 Å². The van der Waals surface area contributed by atoms with E-state index in [9.17, 15) is 8.42 Å². The summed E-state index contributed by atoms with van der Waals surface area (Å²) in [6.45, 7) is 3.99. The Kier molecular flexibility index (Phi) is 6.05. The van der Waals surface area contributed by atoms with Crippen molar-refractivity contribution in [1.29, 1.82) is 0 Å². The number of nitrogens with one attached hydrogen (secondary N) is 1. The fourth-order valence-corrected chi connectivity index (χ4v) is 2.95. The molecule has 1 heterocycles. The van der Waals surface area contributed by atoms with Crippen molar-refractivity contribution in [2.75, 3.05) is 0 Å². The van der Waals surface area contributed by atoms with Crippen molar-refractivity contribution in [2.24, 2.45) is 0 Å². The molecular formula is C12H19ClN2O2S. The van der Waals surface area contributed by atoms with Gasteiger partial charge in [-0.1, -0.05) is 37.8 Å². The van der Waals surface area contributed by atoms with E-state index in [0.717, 1.165) is 25.7 Å². The number of aromatic nitrogens is 1. The molecule has 0 bridgehead atoms. The molecule has 1 aromatic rings. The Morgan fingerprint density at radius 2 is 2.11 bits per heavy atom. The SMILES string of the molecule is CCCCCC(C)NS(=O)(=O)c1ccc(Cl)nc1. The van der Waals surface area contributed by atoms with Gasteiger partial charge in [-0.3, -0.25) is 0 Å². The minimum Gasteiger partial charge on any atom is -0.243 e. The molecular weight excluding hydrogens is 272 g/mol. The second kappa shape index (κ2) is 7.07. The summed E-state index contributed by atoms with van der Waals surface area (Å²) in [6, 6.07) is 2.85. The van der Waals surface area contributed by atoms with Crippen molar-refractivity contribution in [3.63, 3.8) is 0 Å². The number of nitrogens with zero attached hydrogens (tertiary/aromatic N) is 1. The summed E-state index contributed by atoms with van der Waals surface area (Å²) in [5.74, 6) is 0. The standard InChI is InChI=1S/C12H19ClN2O2S/c1-3-4-5-6-10(2)15-18(16,17)11-7-8-12(13)14-9-11/h7-10,15H,3-6H2,1-2H3. The van der Waals surface area contributed by atoms with Crippen LogP contribution in [0.5, 0.6) is 0 Å². The summed E-state index contributed by atoms with van der Waals surface area (Å²) in [4.78, 5) is 3.92.